The molecular formula is C18H26N2O. The molecule has 1 aliphatic carbocycles. The smallest absolute Gasteiger partial charge is 0.220 e. The molecule has 21 heavy (non-hydrogen) atoms. The van der Waals surface area contributed by atoms with Gasteiger partial charge in [-0.3, -0.25) is 4.79 Å². The summed E-state index contributed by atoms with van der Waals surface area (Å²) in [5, 5.41) is 6.65. The van der Waals surface area contributed by atoms with E-state index < -0.39 is 0 Å². The molecule has 1 aromatic rings. The van der Waals surface area contributed by atoms with E-state index in [1.165, 1.54) is 30.5 Å². The van der Waals surface area contributed by atoms with Crippen LogP contribution in [0.25, 0.3) is 0 Å². The van der Waals surface area contributed by atoms with Crippen LogP contribution in [0.1, 0.15) is 56.9 Å². The predicted molar refractivity (Wildman–Crippen MR) is 86.5 cm³/mol. The Hall–Kier alpha value is -1.51. The third-order valence-corrected chi connectivity index (χ3v) is 5.16. The zero-order valence-corrected chi connectivity index (χ0v) is 12.9. The van der Waals surface area contributed by atoms with Gasteiger partial charge >= 0.3 is 0 Å². The maximum absolute atomic E-state index is 12.3. The Morgan fingerprint density at radius 3 is 2.76 bits per heavy atom. The molecule has 1 saturated carbocycles. The molecule has 0 aromatic heterocycles. The fourth-order valence-corrected chi connectivity index (χ4v) is 3.76. The van der Waals surface area contributed by atoms with Gasteiger partial charge < -0.3 is 10.6 Å². The lowest BCUT2D eigenvalue weighted by molar-refractivity contribution is -0.122. The fourth-order valence-electron chi connectivity index (χ4n) is 3.76. The normalized spacial score (nSPS) is 27.8. The molecule has 3 rings (SSSR count). The maximum Gasteiger partial charge on any atom is 0.220 e. The second kappa shape index (κ2) is 6.50. The first kappa shape index (κ1) is 14.4. The van der Waals surface area contributed by atoms with Gasteiger partial charge in [-0.25, -0.2) is 0 Å². The van der Waals surface area contributed by atoms with Crippen molar-refractivity contribution in [3.05, 3.63) is 29.8 Å². The Bertz CT molecular complexity index is 492. The summed E-state index contributed by atoms with van der Waals surface area (Å²) in [7, 11) is 0. The van der Waals surface area contributed by atoms with Crippen LogP contribution < -0.4 is 10.6 Å². The molecule has 1 aromatic carbocycles. The molecule has 1 fully saturated rings. The second-order valence-electron chi connectivity index (χ2n) is 6.56. The summed E-state index contributed by atoms with van der Waals surface area (Å²) in [6, 6.07) is 8.74. The van der Waals surface area contributed by atoms with Crippen molar-refractivity contribution < 1.29 is 4.79 Å². The highest BCUT2D eigenvalue weighted by Gasteiger charge is 2.26. The Morgan fingerprint density at radius 1 is 1.24 bits per heavy atom. The van der Waals surface area contributed by atoms with Gasteiger partial charge in [-0.05, 0) is 43.2 Å². The fraction of sp³-hybridized carbons (Fsp3) is 0.611. The van der Waals surface area contributed by atoms with Gasteiger partial charge in [-0.15, -0.1) is 0 Å². The number of carbonyl (C=O) groups excluding carboxylic acids is 1. The second-order valence-corrected chi connectivity index (χ2v) is 6.56. The minimum atomic E-state index is 0.221. The molecular weight excluding hydrogens is 260 g/mol. The molecule has 0 radical (unpaired) electrons. The van der Waals surface area contributed by atoms with Gasteiger partial charge in [0.05, 0.1) is 0 Å². The molecule has 0 bridgehead atoms. The van der Waals surface area contributed by atoms with E-state index in [0.717, 1.165) is 25.3 Å². The average Bonchev–Trinajstić information content (AvgIpc) is 2.91. The molecule has 3 nitrogen and oxygen atoms in total. The van der Waals surface area contributed by atoms with Crippen molar-refractivity contribution in [3.63, 3.8) is 0 Å². The Labute approximate surface area is 127 Å². The molecule has 1 heterocycles. The van der Waals surface area contributed by atoms with E-state index in [2.05, 4.69) is 35.8 Å². The van der Waals surface area contributed by atoms with E-state index >= 15 is 0 Å². The minimum Gasteiger partial charge on any atom is -0.384 e. The van der Waals surface area contributed by atoms with Crippen LogP contribution in [0.4, 0.5) is 5.69 Å². The molecule has 0 spiro atoms. The monoisotopic (exact) mass is 286 g/mol. The van der Waals surface area contributed by atoms with Gasteiger partial charge in [-0.2, -0.15) is 0 Å². The number of hydrogen-bond acceptors (Lipinski definition) is 2. The van der Waals surface area contributed by atoms with E-state index in [9.17, 15) is 4.79 Å². The molecule has 114 valence electrons. The standard InChI is InChI=1S/C18H26N2O/c1-2-13-7-9-15(10-8-13)20-18(21)11-14-12-19-17-6-4-3-5-16(14)17/h3-6,13-15,19H,2,7-12H2,1H3,(H,20,21). The number of para-hydroxylation sites is 1. The Balaban J connectivity index is 1.49. The van der Waals surface area contributed by atoms with Crippen molar-refractivity contribution in [2.75, 3.05) is 11.9 Å². The number of nitrogens with one attached hydrogen (secondary N) is 2. The van der Waals surface area contributed by atoms with Crippen LogP contribution in [0, 0.1) is 5.92 Å². The van der Waals surface area contributed by atoms with Crippen molar-refractivity contribution in [1.82, 2.24) is 5.32 Å². The highest BCUT2D eigenvalue weighted by atomic mass is 16.1. The van der Waals surface area contributed by atoms with E-state index in [0.29, 0.717) is 18.4 Å². The molecule has 2 aliphatic rings. The Kier molecular flexibility index (Phi) is 4.47. The van der Waals surface area contributed by atoms with E-state index in [4.69, 9.17) is 0 Å². The summed E-state index contributed by atoms with van der Waals surface area (Å²) >= 11 is 0. The molecule has 1 unspecified atom stereocenters. The lowest BCUT2D eigenvalue weighted by Crippen LogP contribution is -2.38. The van der Waals surface area contributed by atoms with Crippen molar-refractivity contribution in [2.45, 2.75) is 57.4 Å². The van der Waals surface area contributed by atoms with E-state index in [1.807, 2.05) is 6.07 Å². The average molecular weight is 286 g/mol. The number of carbonyl (C=O) groups is 1. The zero-order chi connectivity index (χ0) is 14.7. The summed E-state index contributed by atoms with van der Waals surface area (Å²) < 4.78 is 0. The van der Waals surface area contributed by atoms with Crippen molar-refractivity contribution in [1.29, 1.82) is 0 Å². The first-order chi connectivity index (χ1) is 10.3. The van der Waals surface area contributed by atoms with Crippen molar-refractivity contribution in [3.8, 4) is 0 Å². The third kappa shape index (κ3) is 3.39. The van der Waals surface area contributed by atoms with Crippen LogP contribution in [-0.4, -0.2) is 18.5 Å². The molecule has 2 N–H and O–H groups in total. The van der Waals surface area contributed by atoms with E-state index in [1.54, 1.807) is 0 Å². The molecule has 0 saturated heterocycles. The highest BCUT2D eigenvalue weighted by Crippen LogP contribution is 2.33. The summed E-state index contributed by atoms with van der Waals surface area (Å²) in [4.78, 5) is 12.3. The predicted octanol–water partition coefficient (Wildman–Crippen LogP) is 3.67. The topological polar surface area (TPSA) is 41.1 Å². The third-order valence-electron chi connectivity index (χ3n) is 5.16. The lowest BCUT2D eigenvalue weighted by atomic mass is 9.84. The van der Waals surface area contributed by atoms with Gasteiger partial charge in [0, 0.05) is 30.6 Å². The van der Waals surface area contributed by atoms with Gasteiger partial charge in [0.15, 0.2) is 0 Å². The molecule has 1 atom stereocenters. The van der Waals surface area contributed by atoms with Crippen LogP contribution >= 0.6 is 0 Å². The SMILES string of the molecule is CCC1CCC(NC(=O)CC2CNc3ccccc32)CC1. The number of rotatable bonds is 4. The van der Waals surface area contributed by atoms with Crippen molar-refractivity contribution in [2.24, 2.45) is 5.92 Å². The van der Waals surface area contributed by atoms with Crippen LogP contribution in [0.15, 0.2) is 24.3 Å². The molecule has 1 amide bonds. The number of anilines is 1. The first-order valence-corrected chi connectivity index (χ1v) is 8.38. The van der Waals surface area contributed by atoms with Gasteiger partial charge in [-0.1, -0.05) is 31.5 Å². The van der Waals surface area contributed by atoms with Gasteiger partial charge in [0.1, 0.15) is 0 Å². The minimum absolute atomic E-state index is 0.221. The van der Waals surface area contributed by atoms with Crippen LogP contribution in [0.2, 0.25) is 0 Å². The largest absolute Gasteiger partial charge is 0.384 e. The number of benzene rings is 1. The van der Waals surface area contributed by atoms with E-state index in [-0.39, 0.29) is 5.91 Å². The summed E-state index contributed by atoms with van der Waals surface area (Å²) in [6.07, 6.45) is 6.75. The number of amides is 1. The lowest BCUT2D eigenvalue weighted by Gasteiger charge is -2.28. The summed E-state index contributed by atoms with van der Waals surface area (Å²) in [5.41, 5.74) is 2.49. The van der Waals surface area contributed by atoms with Crippen LogP contribution in [0.3, 0.4) is 0 Å². The van der Waals surface area contributed by atoms with Crippen molar-refractivity contribution >= 4 is 11.6 Å². The molecule has 3 heteroatoms. The number of fused-ring (bicyclic) bond motifs is 1. The van der Waals surface area contributed by atoms with Gasteiger partial charge in [0.2, 0.25) is 5.91 Å². The van der Waals surface area contributed by atoms with Crippen LogP contribution in [0.5, 0.6) is 0 Å². The van der Waals surface area contributed by atoms with Crippen LogP contribution in [-0.2, 0) is 4.79 Å². The van der Waals surface area contributed by atoms with Gasteiger partial charge in [0.25, 0.3) is 0 Å². The highest BCUT2D eigenvalue weighted by molar-refractivity contribution is 5.78. The first-order valence-electron chi connectivity index (χ1n) is 8.38. The molecule has 1 aliphatic heterocycles. The zero-order valence-electron chi connectivity index (χ0n) is 12.9. The maximum atomic E-state index is 12.3. The number of hydrogen-bond donors (Lipinski definition) is 2. The summed E-state index contributed by atoms with van der Waals surface area (Å²) in [5.74, 6) is 1.43. The quantitative estimate of drug-likeness (QED) is 0.886. The summed E-state index contributed by atoms with van der Waals surface area (Å²) in [6.45, 7) is 3.16. The Morgan fingerprint density at radius 2 is 2.00 bits per heavy atom.